The van der Waals surface area contributed by atoms with Gasteiger partial charge in [0.05, 0.1) is 10.7 Å². The Hall–Kier alpha value is -1.08. The summed E-state index contributed by atoms with van der Waals surface area (Å²) in [6.07, 6.45) is 0. The van der Waals surface area contributed by atoms with Crippen LogP contribution < -0.4 is 10.5 Å². The molecule has 0 atom stereocenters. The molecule has 0 aliphatic heterocycles. The fourth-order valence-corrected chi connectivity index (χ4v) is 4.61. The number of benzene rings is 1. The van der Waals surface area contributed by atoms with Gasteiger partial charge in [0.15, 0.2) is 0 Å². The highest BCUT2D eigenvalue weighted by Crippen LogP contribution is 2.30. The zero-order valence-electron chi connectivity index (χ0n) is 11.1. The van der Waals surface area contributed by atoms with Crippen molar-refractivity contribution in [3.05, 3.63) is 45.3 Å². The Morgan fingerprint density at radius 1 is 1.30 bits per heavy atom. The molecule has 4 nitrogen and oxygen atoms in total. The summed E-state index contributed by atoms with van der Waals surface area (Å²) in [5, 5.41) is 0.376. The predicted molar refractivity (Wildman–Crippen MR) is 83.9 cm³/mol. The van der Waals surface area contributed by atoms with Crippen LogP contribution in [0.1, 0.15) is 16.0 Å². The molecule has 0 saturated heterocycles. The maximum atomic E-state index is 12.3. The third kappa shape index (κ3) is 3.15. The normalized spacial score (nSPS) is 11.6. The van der Waals surface area contributed by atoms with Crippen LogP contribution in [0.2, 0.25) is 5.02 Å². The molecule has 0 fully saturated rings. The van der Waals surface area contributed by atoms with Crippen LogP contribution in [0, 0.1) is 13.8 Å². The largest absolute Gasteiger partial charge is 0.326 e. The number of hydrogen-bond acceptors (Lipinski definition) is 4. The van der Waals surface area contributed by atoms with Gasteiger partial charge in [-0.15, -0.1) is 11.3 Å². The summed E-state index contributed by atoms with van der Waals surface area (Å²) in [5.74, 6) is 0. The van der Waals surface area contributed by atoms with E-state index in [2.05, 4.69) is 4.72 Å². The zero-order valence-corrected chi connectivity index (χ0v) is 13.5. The van der Waals surface area contributed by atoms with Crippen LogP contribution in [0.5, 0.6) is 0 Å². The molecule has 0 aliphatic rings. The second kappa shape index (κ2) is 5.73. The molecule has 7 heteroatoms. The highest BCUT2D eigenvalue weighted by atomic mass is 35.5. The average molecular weight is 331 g/mol. The Morgan fingerprint density at radius 2 is 2.00 bits per heavy atom. The number of halogens is 1. The molecule has 0 aliphatic carbocycles. The van der Waals surface area contributed by atoms with Crippen LogP contribution in [0.3, 0.4) is 0 Å². The number of hydrogen-bond donors (Lipinski definition) is 2. The van der Waals surface area contributed by atoms with Crippen molar-refractivity contribution in [3.8, 4) is 0 Å². The lowest BCUT2D eigenvalue weighted by Crippen LogP contribution is -2.11. The van der Waals surface area contributed by atoms with Gasteiger partial charge in [0.2, 0.25) is 0 Å². The maximum Gasteiger partial charge on any atom is 0.271 e. The first kappa shape index (κ1) is 15.3. The predicted octanol–water partition coefficient (Wildman–Crippen LogP) is 3.28. The van der Waals surface area contributed by atoms with E-state index in [1.54, 1.807) is 24.3 Å². The summed E-state index contributed by atoms with van der Waals surface area (Å²) < 4.78 is 27.4. The molecule has 0 spiro atoms. The molecule has 2 rings (SSSR count). The van der Waals surface area contributed by atoms with Gasteiger partial charge in [-0.2, -0.15) is 0 Å². The number of sulfonamides is 1. The van der Waals surface area contributed by atoms with E-state index in [4.69, 9.17) is 17.3 Å². The molecule has 0 bridgehead atoms. The van der Waals surface area contributed by atoms with Crippen LogP contribution in [-0.2, 0) is 16.6 Å². The Kier molecular flexibility index (Phi) is 4.39. The summed E-state index contributed by atoms with van der Waals surface area (Å²) in [7, 11) is -3.63. The van der Waals surface area contributed by atoms with Crippen molar-refractivity contribution in [1.29, 1.82) is 0 Å². The summed E-state index contributed by atoms with van der Waals surface area (Å²) in [6, 6.07) is 6.79. The van der Waals surface area contributed by atoms with Gasteiger partial charge >= 0.3 is 0 Å². The van der Waals surface area contributed by atoms with Gasteiger partial charge in [0.1, 0.15) is 4.21 Å². The standard InChI is InChI=1S/C13H15ClN2O2S2/c1-8-3-4-11(10(14)5-8)16-20(17,18)13-6-9(2)12(7-15)19-13/h3-6,16H,7,15H2,1-2H3. The molecule has 0 saturated carbocycles. The maximum absolute atomic E-state index is 12.3. The first-order chi connectivity index (χ1) is 9.33. The Bertz CT molecular complexity index is 739. The molecule has 20 heavy (non-hydrogen) atoms. The van der Waals surface area contributed by atoms with E-state index in [0.717, 1.165) is 16.0 Å². The van der Waals surface area contributed by atoms with Crippen molar-refractivity contribution >= 4 is 38.6 Å². The zero-order chi connectivity index (χ0) is 14.9. The molecule has 0 amide bonds. The Morgan fingerprint density at radius 3 is 2.55 bits per heavy atom. The fourth-order valence-electron chi connectivity index (χ4n) is 1.72. The smallest absolute Gasteiger partial charge is 0.271 e. The minimum absolute atomic E-state index is 0.243. The van der Waals surface area contributed by atoms with E-state index in [1.165, 1.54) is 11.3 Å². The van der Waals surface area contributed by atoms with Gasteiger partial charge in [-0.25, -0.2) is 8.42 Å². The molecule has 1 aromatic heterocycles. The van der Waals surface area contributed by atoms with Gasteiger partial charge < -0.3 is 5.73 Å². The minimum atomic E-state index is -3.63. The van der Waals surface area contributed by atoms with Gasteiger partial charge in [-0.1, -0.05) is 17.7 Å². The molecule has 2 aromatic rings. The number of anilines is 1. The van der Waals surface area contributed by atoms with E-state index in [-0.39, 0.29) is 4.21 Å². The van der Waals surface area contributed by atoms with Crippen LogP contribution in [-0.4, -0.2) is 8.42 Å². The summed E-state index contributed by atoms with van der Waals surface area (Å²) in [4.78, 5) is 0.861. The molecule has 1 aromatic carbocycles. The van der Waals surface area contributed by atoms with Gasteiger partial charge in [0.25, 0.3) is 10.0 Å². The van der Waals surface area contributed by atoms with E-state index in [0.29, 0.717) is 17.3 Å². The van der Waals surface area contributed by atoms with Gasteiger partial charge in [-0.05, 0) is 43.2 Å². The Balaban J connectivity index is 2.35. The molecule has 3 N–H and O–H groups in total. The number of rotatable bonds is 4. The van der Waals surface area contributed by atoms with E-state index in [9.17, 15) is 8.42 Å². The van der Waals surface area contributed by atoms with Crippen molar-refractivity contribution in [3.63, 3.8) is 0 Å². The van der Waals surface area contributed by atoms with Crippen molar-refractivity contribution < 1.29 is 8.42 Å². The summed E-state index contributed by atoms with van der Waals surface area (Å²) >= 11 is 7.22. The average Bonchev–Trinajstić information content (AvgIpc) is 2.75. The minimum Gasteiger partial charge on any atom is -0.326 e. The lowest BCUT2D eigenvalue weighted by molar-refractivity contribution is 0.603. The van der Waals surface area contributed by atoms with Crippen LogP contribution in [0.25, 0.3) is 0 Å². The Labute approximate surface area is 127 Å². The quantitative estimate of drug-likeness (QED) is 0.903. The molecule has 0 unspecified atom stereocenters. The third-order valence-electron chi connectivity index (χ3n) is 2.82. The summed E-state index contributed by atoms with van der Waals surface area (Å²) in [5.41, 5.74) is 7.80. The fraction of sp³-hybridized carbons (Fsp3) is 0.231. The molecule has 108 valence electrons. The van der Waals surface area contributed by atoms with Crippen molar-refractivity contribution in [2.45, 2.75) is 24.6 Å². The highest BCUT2D eigenvalue weighted by Gasteiger charge is 2.19. The lowest BCUT2D eigenvalue weighted by Gasteiger charge is -2.08. The van der Waals surface area contributed by atoms with Crippen LogP contribution in [0.15, 0.2) is 28.5 Å². The number of thiophene rings is 1. The van der Waals surface area contributed by atoms with Crippen molar-refractivity contribution in [1.82, 2.24) is 0 Å². The monoisotopic (exact) mass is 330 g/mol. The van der Waals surface area contributed by atoms with E-state index >= 15 is 0 Å². The van der Waals surface area contributed by atoms with Gasteiger partial charge in [-0.3, -0.25) is 4.72 Å². The number of aryl methyl sites for hydroxylation is 2. The van der Waals surface area contributed by atoms with Crippen molar-refractivity contribution in [2.24, 2.45) is 5.73 Å². The lowest BCUT2D eigenvalue weighted by atomic mass is 10.2. The molecular weight excluding hydrogens is 316 g/mol. The van der Waals surface area contributed by atoms with E-state index in [1.807, 2.05) is 13.8 Å². The van der Waals surface area contributed by atoms with Gasteiger partial charge in [0, 0.05) is 11.4 Å². The first-order valence-corrected chi connectivity index (χ1v) is 8.59. The van der Waals surface area contributed by atoms with Crippen LogP contribution >= 0.6 is 22.9 Å². The highest BCUT2D eigenvalue weighted by molar-refractivity contribution is 7.94. The molecule has 0 radical (unpaired) electrons. The molecule has 1 heterocycles. The second-order valence-electron chi connectivity index (χ2n) is 4.46. The van der Waals surface area contributed by atoms with E-state index < -0.39 is 10.0 Å². The topological polar surface area (TPSA) is 72.2 Å². The molecular formula is C13H15ClN2O2S2. The number of nitrogens with two attached hydrogens (primary N) is 1. The SMILES string of the molecule is Cc1ccc(NS(=O)(=O)c2cc(C)c(CN)s2)c(Cl)c1. The first-order valence-electron chi connectivity index (χ1n) is 5.92. The third-order valence-corrected chi connectivity index (χ3v) is 6.23. The van der Waals surface area contributed by atoms with Crippen LogP contribution in [0.4, 0.5) is 5.69 Å². The van der Waals surface area contributed by atoms with Crippen molar-refractivity contribution in [2.75, 3.05) is 4.72 Å². The number of nitrogens with one attached hydrogen (secondary N) is 1. The second-order valence-corrected chi connectivity index (χ2v) is 7.92. The summed E-state index contributed by atoms with van der Waals surface area (Å²) in [6.45, 7) is 4.06.